The summed E-state index contributed by atoms with van der Waals surface area (Å²) < 4.78 is 0. The van der Waals surface area contributed by atoms with E-state index in [1.807, 2.05) is 24.3 Å². The third kappa shape index (κ3) is 2.94. The number of carbonyl (C=O) groups excluding carboxylic acids is 1. The Morgan fingerprint density at radius 2 is 1.95 bits per heavy atom. The maximum atomic E-state index is 12.1. The molecule has 1 aromatic heterocycles. The average molecular weight is 287 g/mol. The lowest BCUT2D eigenvalue weighted by Gasteiger charge is -2.31. The highest BCUT2D eigenvalue weighted by Crippen LogP contribution is 2.18. The summed E-state index contributed by atoms with van der Waals surface area (Å²) >= 11 is 0. The summed E-state index contributed by atoms with van der Waals surface area (Å²) in [5.41, 5.74) is 0.0513. The summed E-state index contributed by atoms with van der Waals surface area (Å²) in [5, 5.41) is 12.7. The van der Waals surface area contributed by atoms with Crippen LogP contribution in [0.3, 0.4) is 0 Å². The van der Waals surface area contributed by atoms with E-state index >= 15 is 0 Å². The number of urea groups is 1. The lowest BCUT2D eigenvalue weighted by Crippen LogP contribution is -2.52. The molecule has 0 atom stereocenters. The highest BCUT2D eigenvalue weighted by molar-refractivity contribution is 5.95. The van der Waals surface area contributed by atoms with Crippen LogP contribution in [0.15, 0.2) is 36.5 Å². The number of carboxylic acid groups (broad SMARTS) is 1. The van der Waals surface area contributed by atoms with E-state index in [0.717, 1.165) is 15.8 Å². The Labute approximate surface area is 122 Å². The molecule has 0 bridgehead atoms. The summed E-state index contributed by atoms with van der Waals surface area (Å²) in [6, 6.07) is 8.83. The molecule has 0 aliphatic heterocycles. The Morgan fingerprint density at radius 1 is 1.29 bits per heavy atom. The van der Waals surface area contributed by atoms with Crippen LogP contribution in [0.25, 0.3) is 10.9 Å². The molecule has 110 valence electrons. The van der Waals surface area contributed by atoms with E-state index in [4.69, 9.17) is 5.11 Å². The van der Waals surface area contributed by atoms with Crippen LogP contribution in [-0.2, 0) is 4.79 Å². The number of aliphatic carboxylic acids is 1. The van der Waals surface area contributed by atoms with Gasteiger partial charge in [0.15, 0.2) is 0 Å². The van der Waals surface area contributed by atoms with Crippen LogP contribution in [0.5, 0.6) is 0 Å². The van der Waals surface area contributed by atoms with E-state index in [0.29, 0.717) is 5.69 Å². The van der Waals surface area contributed by atoms with Gasteiger partial charge in [-0.15, -0.1) is 0 Å². The molecule has 1 heterocycles. The molecule has 2 aromatic rings. The molecule has 2 rings (SSSR count). The standard InChI is InChI=1S/C15H17N3O3/c1-15(2,13(19)20)18(3)14(21)17-11-8-10-6-4-5-7-12(10)16-9-11/h4-9H,1-3H3,(H,17,21)(H,19,20). The molecule has 6 heteroatoms. The minimum Gasteiger partial charge on any atom is -0.480 e. The lowest BCUT2D eigenvalue weighted by molar-refractivity contribution is -0.146. The van der Waals surface area contributed by atoms with E-state index in [9.17, 15) is 9.59 Å². The number of carbonyl (C=O) groups is 2. The molecule has 6 nitrogen and oxygen atoms in total. The van der Waals surface area contributed by atoms with E-state index in [-0.39, 0.29) is 0 Å². The number of hydrogen-bond acceptors (Lipinski definition) is 3. The van der Waals surface area contributed by atoms with Gasteiger partial charge in [-0.1, -0.05) is 18.2 Å². The number of benzene rings is 1. The number of para-hydroxylation sites is 1. The van der Waals surface area contributed by atoms with E-state index in [2.05, 4.69) is 10.3 Å². The summed E-state index contributed by atoms with van der Waals surface area (Å²) in [4.78, 5) is 28.7. The number of nitrogens with one attached hydrogen (secondary N) is 1. The molecule has 21 heavy (non-hydrogen) atoms. The molecule has 0 unspecified atom stereocenters. The zero-order valence-electron chi connectivity index (χ0n) is 12.1. The van der Waals surface area contributed by atoms with Crippen molar-refractivity contribution >= 4 is 28.6 Å². The van der Waals surface area contributed by atoms with Crippen molar-refractivity contribution in [1.82, 2.24) is 9.88 Å². The van der Waals surface area contributed by atoms with Crippen molar-refractivity contribution in [3.63, 3.8) is 0 Å². The number of rotatable bonds is 3. The molecule has 2 amide bonds. The Bertz CT molecular complexity index is 697. The second-order valence-corrected chi connectivity index (χ2v) is 5.27. The normalized spacial score (nSPS) is 11.2. The molecule has 1 aromatic carbocycles. The molecule has 0 saturated heterocycles. The Kier molecular flexibility index (Phi) is 3.80. The van der Waals surface area contributed by atoms with Gasteiger partial charge in [-0.05, 0) is 26.0 Å². The summed E-state index contributed by atoms with van der Waals surface area (Å²) in [7, 11) is 1.44. The Balaban J connectivity index is 2.20. The second-order valence-electron chi connectivity index (χ2n) is 5.27. The molecule has 0 spiro atoms. The number of anilines is 1. The molecule has 2 N–H and O–H groups in total. The van der Waals surface area contributed by atoms with Gasteiger partial charge in [-0.2, -0.15) is 0 Å². The SMILES string of the molecule is CN(C(=O)Nc1cnc2ccccc2c1)C(C)(C)C(=O)O. The number of nitrogens with zero attached hydrogens (tertiary/aromatic N) is 2. The minimum atomic E-state index is -1.30. The van der Waals surface area contributed by atoms with Gasteiger partial charge < -0.3 is 15.3 Å². The first-order chi connectivity index (χ1) is 9.82. The third-order valence-corrected chi connectivity index (χ3v) is 3.51. The smallest absolute Gasteiger partial charge is 0.329 e. The van der Waals surface area contributed by atoms with Crippen LogP contribution in [0.2, 0.25) is 0 Å². The lowest BCUT2D eigenvalue weighted by atomic mass is 10.1. The van der Waals surface area contributed by atoms with Gasteiger partial charge in [-0.25, -0.2) is 9.59 Å². The van der Waals surface area contributed by atoms with Gasteiger partial charge in [0, 0.05) is 12.4 Å². The van der Waals surface area contributed by atoms with Crippen molar-refractivity contribution in [2.45, 2.75) is 19.4 Å². The van der Waals surface area contributed by atoms with Crippen molar-refractivity contribution in [2.24, 2.45) is 0 Å². The number of hydrogen-bond donors (Lipinski definition) is 2. The van der Waals surface area contributed by atoms with Crippen LogP contribution >= 0.6 is 0 Å². The topological polar surface area (TPSA) is 82.5 Å². The number of carboxylic acids is 1. The quantitative estimate of drug-likeness (QED) is 0.909. The number of amides is 2. The summed E-state index contributed by atoms with van der Waals surface area (Å²) in [6.45, 7) is 2.93. The Morgan fingerprint density at radius 3 is 2.62 bits per heavy atom. The largest absolute Gasteiger partial charge is 0.480 e. The van der Waals surface area contributed by atoms with Gasteiger partial charge in [0.25, 0.3) is 0 Å². The first-order valence-corrected chi connectivity index (χ1v) is 6.45. The van der Waals surface area contributed by atoms with Crippen LogP contribution in [0, 0.1) is 0 Å². The van der Waals surface area contributed by atoms with Crippen molar-refractivity contribution in [1.29, 1.82) is 0 Å². The van der Waals surface area contributed by atoms with Crippen LogP contribution < -0.4 is 5.32 Å². The van der Waals surface area contributed by atoms with Gasteiger partial charge >= 0.3 is 12.0 Å². The molecule has 0 fully saturated rings. The zero-order valence-corrected chi connectivity index (χ0v) is 12.1. The van der Waals surface area contributed by atoms with E-state index in [1.54, 1.807) is 12.3 Å². The van der Waals surface area contributed by atoms with Crippen molar-refractivity contribution in [3.05, 3.63) is 36.5 Å². The summed E-state index contributed by atoms with van der Waals surface area (Å²) in [5.74, 6) is -1.07. The van der Waals surface area contributed by atoms with Crippen LogP contribution in [0.4, 0.5) is 10.5 Å². The maximum Gasteiger partial charge on any atom is 0.329 e. The van der Waals surface area contributed by atoms with Crippen molar-refractivity contribution < 1.29 is 14.7 Å². The van der Waals surface area contributed by atoms with Gasteiger partial charge in [0.1, 0.15) is 5.54 Å². The highest BCUT2D eigenvalue weighted by atomic mass is 16.4. The number of likely N-dealkylation sites (N-methyl/N-ethyl adjacent to an activating group) is 1. The zero-order chi connectivity index (χ0) is 15.6. The van der Waals surface area contributed by atoms with Crippen molar-refractivity contribution in [3.8, 4) is 0 Å². The number of pyridine rings is 1. The van der Waals surface area contributed by atoms with Gasteiger partial charge in [0.05, 0.1) is 17.4 Å². The predicted octanol–water partition coefficient (Wildman–Crippen LogP) is 2.56. The predicted molar refractivity (Wildman–Crippen MR) is 80.2 cm³/mol. The second kappa shape index (κ2) is 5.40. The minimum absolute atomic E-state index is 0.500. The molecular formula is C15H17N3O3. The molecule has 0 saturated carbocycles. The molecule has 0 aliphatic carbocycles. The average Bonchev–Trinajstić information content (AvgIpc) is 2.46. The molecular weight excluding hydrogens is 270 g/mol. The van der Waals surface area contributed by atoms with Crippen LogP contribution in [0.1, 0.15) is 13.8 Å². The first kappa shape index (κ1) is 14.8. The van der Waals surface area contributed by atoms with E-state index < -0.39 is 17.5 Å². The van der Waals surface area contributed by atoms with Gasteiger partial charge in [-0.3, -0.25) is 4.98 Å². The fourth-order valence-electron chi connectivity index (χ4n) is 1.74. The Hall–Kier alpha value is -2.63. The van der Waals surface area contributed by atoms with Gasteiger partial charge in [0.2, 0.25) is 0 Å². The number of fused-ring (bicyclic) bond motifs is 1. The number of aromatic nitrogens is 1. The van der Waals surface area contributed by atoms with E-state index in [1.165, 1.54) is 20.9 Å². The molecule has 0 aliphatic rings. The summed E-state index contributed by atoms with van der Waals surface area (Å²) in [6.07, 6.45) is 1.54. The van der Waals surface area contributed by atoms with Crippen molar-refractivity contribution in [2.75, 3.05) is 12.4 Å². The van der Waals surface area contributed by atoms with Crippen LogP contribution in [-0.4, -0.2) is 39.6 Å². The molecule has 0 radical (unpaired) electrons. The monoisotopic (exact) mass is 287 g/mol. The maximum absolute atomic E-state index is 12.1. The first-order valence-electron chi connectivity index (χ1n) is 6.45. The fraction of sp³-hybridized carbons (Fsp3) is 0.267. The fourth-order valence-corrected chi connectivity index (χ4v) is 1.74. The highest BCUT2D eigenvalue weighted by Gasteiger charge is 2.35. The third-order valence-electron chi connectivity index (χ3n) is 3.51.